The Bertz CT molecular complexity index is 1700. The summed E-state index contributed by atoms with van der Waals surface area (Å²) in [6, 6.07) is 17.9. The van der Waals surface area contributed by atoms with Crippen molar-refractivity contribution < 1.29 is 56.1 Å². The third kappa shape index (κ3) is 6.38. The van der Waals surface area contributed by atoms with Crippen LogP contribution in [-0.2, 0) is 9.53 Å². The summed E-state index contributed by atoms with van der Waals surface area (Å²) in [6.45, 7) is -7.00. The lowest BCUT2D eigenvalue weighted by atomic mass is 9.99. The summed E-state index contributed by atoms with van der Waals surface area (Å²) in [7, 11) is 0. The zero-order chi connectivity index (χ0) is 33.4. The lowest BCUT2D eigenvalue weighted by molar-refractivity contribution is -0.271. The van der Waals surface area contributed by atoms with Gasteiger partial charge in [-0.05, 0) is 30.3 Å². The van der Waals surface area contributed by atoms with Crippen LogP contribution in [0.25, 0.3) is 21.8 Å². The molecule has 0 aliphatic carbocycles. The number of fused-ring (bicyclic) bond motifs is 3. The van der Waals surface area contributed by atoms with Crippen LogP contribution >= 0.6 is 0 Å². The molecule has 3 aromatic carbocycles. The van der Waals surface area contributed by atoms with Crippen molar-refractivity contribution in [1.82, 2.24) is 10.3 Å². The molecule has 0 amide bonds. The number of rotatable bonds is 12. The summed E-state index contributed by atoms with van der Waals surface area (Å²) in [5, 5.41) is 53.8. The van der Waals surface area contributed by atoms with Crippen molar-refractivity contribution in [3.63, 3.8) is 0 Å². The van der Waals surface area contributed by atoms with E-state index in [9.17, 15) is 30.3 Å². The summed E-state index contributed by atoms with van der Waals surface area (Å²) in [4.78, 5) is 14.6. The largest absolute Gasteiger partial charge is 0.490 e. The number of hydrogen-bond acceptors (Lipinski definition) is 10. The third-order valence-corrected chi connectivity index (χ3v) is 6.35. The van der Waals surface area contributed by atoms with E-state index in [0.717, 1.165) is 5.52 Å². The van der Waals surface area contributed by atoms with Gasteiger partial charge in [-0.15, -0.1) is 0 Å². The Morgan fingerprint density at radius 1 is 0.951 bits per heavy atom. The van der Waals surface area contributed by atoms with Crippen molar-refractivity contribution in [2.24, 2.45) is 0 Å². The molecule has 41 heavy (non-hydrogen) atoms. The van der Waals surface area contributed by atoms with E-state index < -0.39 is 55.8 Å². The number of carbonyl (C=O) groups is 1. The molecule has 0 bridgehead atoms. The molecule has 0 radical (unpaired) electrons. The van der Waals surface area contributed by atoms with Crippen molar-refractivity contribution in [3.8, 4) is 17.2 Å². The standard InChI is InChI=1S/C29H32N2O10/c32-16(15-39-22-11-5-8-19-23(22)17-6-1-2-7-18(17)31-19)14-30-12-13-38-20-9-3-4-10-21(20)40-29-26(35)24(33)25(34)27(41-29)28(36)37/h1-11,16,24-27,29-35H,12-15H2,(H,36,37)/t16?,24-,25-,26+,27-,29+/m0/s1/i14D2,15D2,16D. The molecule has 12 nitrogen and oxygen atoms in total. The van der Waals surface area contributed by atoms with Crippen LogP contribution in [0, 0.1) is 0 Å². The maximum Gasteiger partial charge on any atom is 0.335 e. The zero-order valence-electron chi connectivity index (χ0n) is 26.4. The fourth-order valence-corrected chi connectivity index (χ4v) is 4.38. The van der Waals surface area contributed by atoms with Gasteiger partial charge in [0.05, 0.1) is 9.63 Å². The molecule has 7 N–H and O–H groups in total. The minimum atomic E-state index is -3.48. The molecular formula is C29H32N2O10. The number of aromatic amines is 1. The van der Waals surface area contributed by atoms with Gasteiger partial charge in [-0.1, -0.05) is 36.4 Å². The molecule has 0 saturated carbocycles. The first-order valence-electron chi connectivity index (χ1n) is 15.1. The highest BCUT2D eigenvalue weighted by atomic mass is 16.7. The monoisotopic (exact) mass is 573 g/mol. The highest BCUT2D eigenvalue weighted by molar-refractivity contribution is 6.10. The van der Waals surface area contributed by atoms with E-state index in [4.69, 9.17) is 25.8 Å². The smallest absolute Gasteiger partial charge is 0.335 e. The number of carboxylic acids is 1. The van der Waals surface area contributed by atoms with Gasteiger partial charge in [-0.25, -0.2) is 4.79 Å². The Hall–Kier alpha value is -3.91. The highest BCUT2D eigenvalue weighted by Gasteiger charge is 2.48. The molecule has 6 atom stereocenters. The Balaban J connectivity index is 1.23. The predicted octanol–water partition coefficient (Wildman–Crippen LogP) is 1.00. The summed E-state index contributed by atoms with van der Waals surface area (Å²) in [5.41, 5.74) is 1.37. The Kier molecular flexibility index (Phi) is 7.06. The first-order chi connectivity index (χ1) is 21.6. The SMILES string of the molecule is [2H]C([2H])(NCCOc1ccccc1O[C@@H]1O[C@H](C(=O)O)[C@@H](O)[C@H](O)[C@H]1O)C([2H])(O)C([2H])([2H])Oc1cccc2[nH]c3ccccc3c12. The Morgan fingerprint density at radius 2 is 1.66 bits per heavy atom. The van der Waals surface area contributed by atoms with Crippen molar-refractivity contribution in [3.05, 3.63) is 66.7 Å². The number of benzene rings is 3. The number of H-pyrrole nitrogens is 1. The van der Waals surface area contributed by atoms with E-state index in [1.165, 1.54) is 24.3 Å². The van der Waals surface area contributed by atoms with Crippen molar-refractivity contribution in [2.45, 2.75) is 36.8 Å². The average Bonchev–Trinajstić information content (AvgIpc) is 3.39. The van der Waals surface area contributed by atoms with Gasteiger partial charge in [-0.2, -0.15) is 0 Å². The fraction of sp³-hybridized carbons (Fsp3) is 0.345. The minimum absolute atomic E-state index is 0.00914. The fourth-order valence-electron chi connectivity index (χ4n) is 4.38. The van der Waals surface area contributed by atoms with Gasteiger partial charge >= 0.3 is 5.97 Å². The molecule has 1 aromatic heterocycles. The Morgan fingerprint density at radius 3 is 2.46 bits per heavy atom. The Labute approximate surface area is 241 Å². The molecule has 1 unspecified atom stereocenters. The average molecular weight is 574 g/mol. The van der Waals surface area contributed by atoms with Crippen molar-refractivity contribution in [1.29, 1.82) is 0 Å². The van der Waals surface area contributed by atoms with Gasteiger partial charge < -0.3 is 54.8 Å². The quantitative estimate of drug-likeness (QED) is 0.120. The summed E-state index contributed by atoms with van der Waals surface area (Å²) in [5.74, 6) is -1.63. The van der Waals surface area contributed by atoms with Gasteiger partial charge in [0.1, 0.15) is 43.3 Å². The van der Waals surface area contributed by atoms with Crippen molar-refractivity contribution >= 4 is 27.8 Å². The van der Waals surface area contributed by atoms with E-state index in [-0.39, 0.29) is 30.4 Å². The molecule has 1 saturated heterocycles. The molecule has 218 valence electrons. The molecule has 4 aromatic rings. The number of para-hydroxylation sites is 3. The molecular weight excluding hydrogens is 536 g/mol. The number of aliphatic hydroxyl groups is 4. The minimum Gasteiger partial charge on any atom is -0.490 e. The van der Waals surface area contributed by atoms with Crippen LogP contribution in [0.3, 0.4) is 0 Å². The van der Waals surface area contributed by atoms with Gasteiger partial charge in [0.2, 0.25) is 6.29 Å². The van der Waals surface area contributed by atoms with E-state index in [0.29, 0.717) is 16.3 Å². The van der Waals surface area contributed by atoms with E-state index in [1.54, 1.807) is 30.3 Å². The molecule has 1 aliphatic rings. The lowest BCUT2D eigenvalue weighted by Gasteiger charge is -2.38. The van der Waals surface area contributed by atoms with Gasteiger partial charge in [-0.3, -0.25) is 0 Å². The second kappa shape index (κ2) is 12.7. The third-order valence-electron chi connectivity index (χ3n) is 6.35. The number of aliphatic carboxylic acids is 1. The molecule has 5 rings (SSSR count). The molecule has 1 fully saturated rings. The molecule has 2 heterocycles. The number of hydrogen-bond donors (Lipinski definition) is 7. The predicted molar refractivity (Wildman–Crippen MR) is 147 cm³/mol. The van der Waals surface area contributed by atoms with Gasteiger partial charge in [0.25, 0.3) is 0 Å². The van der Waals surface area contributed by atoms with Crippen LogP contribution in [0.4, 0.5) is 0 Å². The van der Waals surface area contributed by atoms with Gasteiger partial charge in [0.15, 0.2) is 17.6 Å². The number of ether oxygens (including phenoxy) is 4. The van der Waals surface area contributed by atoms with E-state index in [2.05, 4.69) is 10.3 Å². The topological polar surface area (TPSA) is 183 Å². The maximum absolute atomic E-state index is 11.4. The van der Waals surface area contributed by atoms with Crippen LogP contribution in [0.1, 0.15) is 6.85 Å². The first kappa shape index (κ1) is 22.7. The number of nitrogens with one attached hydrogen (secondary N) is 2. The normalized spacial score (nSPS) is 26.6. The number of aromatic nitrogens is 1. The van der Waals surface area contributed by atoms with Crippen LogP contribution in [0.2, 0.25) is 0 Å². The molecule has 12 heteroatoms. The van der Waals surface area contributed by atoms with Crippen LogP contribution in [-0.4, -0.2) is 99.5 Å². The van der Waals surface area contributed by atoms with Crippen molar-refractivity contribution in [2.75, 3.05) is 26.2 Å². The van der Waals surface area contributed by atoms with Crippen LogP contribution in [0.15, 0.2) is 66.7 Å². The zero-order valence-corrected chi connectivity index (χ0v) is 21.4. The van der Waals surface area contributed by atoms with Crippen LogP contribution < -0.4 is 19.5 Å². The van der Waals surface area contributed by atoms with E-state index >= 15 is 0 Å². The first-order valence-corrected chi connectivity index (χ1v) is 12.6. The van der Waals surface area contributed by atoms with Crippen LogP contribution in [0.5, 0.6) is 17.2 Å². The number of aliphatic hydroxyl groups excluding tert-OH is 3. The van der Waals surface area contributed by atoms with Gasteiger partial charge in [0, 0.05) is 32.1 Å². The molecule has 1 aliphatic heterocycles. The molecule has 0 spiro atoms. The highest BCUT2D eigenvalue weighted by Crippen LogP contribution is 2.33. The van der Waals surface area contributed by atoms with E-state index in [1.807, 2.05) is 12.1 Å². The summed E-state index contributed by atoms with van der Waals surface area (Å²) in [6.07, 6.45) is -12.7. The number of carboxylic acid groups (broad SMARTS) is 1. The maximum atomic E-state index is 11.4. The summed E-state index contributed by atoms with van der Waals surface area (Å²) >= 11 is 0. The second-order valence-electron chi connectivity index (χ2n) is 9.10. The lowest BCUT2D eigenvalue weighted by Crippen LogP contribution is -2.61. The summed E-state index contributed by atoms with van der Waals surface area (Å²) < 4.78 is 63.4. The second-order valence-corrected chi connectivity index (χ2v) is 9.10.